The van der Waals surface area contributed by atoms with Crippen molar-refractivity contribution < 1.29 is 31.9 Å². The van der Waals surface area contributed by atoms with E-state index in [4.69, 9.17) is 0 Å². The van der Waals surface area contributed by atoms with Crippen LogP contribution >= 0.6 is 0 Å². The van der Waals surface area contributed by atoms with E-state index in [0.29, 0.717) is 31.5 Å². The van der Waals surface area contributed by atoms with E-state index in [1.54, 1.807) is 17.9 Å². The van der Waals surface area contributed by atoms with Gasteiger partial charge in [-0.05, 0) is 56.3 Å². The summed E-state index contributed by atoms with van der Waals surface area (Å²) < 4.78 is 53.4. The van der Waals surface area contributed by atoms with Crippen molar-refractivity contribution in [2.24, 2.45) is 11.8 Å². The third kappa shape index (κ3) is 8.41. The second kappa shape index (κ2) is 12.7. The standard InChI is InChI=1S/C26H36F4N4O3/c1-3-23(35)32-22(25(37)34-12-10-33(2)11-13-34)15-18-6-9-21(20(27)14-18)31-24(36)16-17-4-7-19(8-5-17)26(28,29)30/h6,9,14,17,19,22H,3-5,7-8,10-13,15-16H2,1-2H3,(H,31,36)(H,32,35)/t17?,19?,22-/m1/s1. The molecular formula is C26H36F4N4O3. The number of halogens is 4. The summed E-state index contributed by atoms with van der Waals surface area (Å²) >= 11 is 0. The van der Waals surface area contributed by atoms with Gasteiger partial charge in [-0.3, -0.25) is 14.4 Å². The molecule has 1 aliphatic heterocycles. The number of anilines is 1. The Bertz CT molecular complexity index is 956. The maximum atomic E-state index is 14.8. The number of hydrogen-bond donors (Lipinski definition) is 2. The molecule has 1 atom stereocenters. The monoisotopic (exact) mass is 528 g/mol. The van der Waals surface area contributed by atoms with Gasteiger partial charge in [0.15, 0.2) is 0 Å². The Labute approximate surface area is 214 Å². The SMILES string of the molecule is CCC(=O)N[C@H](Cc1ccc(NC(=O)CC2CCC(C(F)(F)F)CC2)c(F)c1)C(=O)N1CCN(C)CC1. The van der Waals surface area contributed by atoms with Crippen LogP contribution in [0.3, 0.4) is 0 Å². The first-order chi connectivity index (χ1) is 17.5. The van der Waals surface area contributed by atoms with E-state index in [0.717, 1.165) is 13.1 Å². The zero-order chi connectivity index (χ0) is 27.2. The topological polar surface area (TPSA) is 81.8 Å². The highest BCUT2D eigenvalue weighted by Gasteiger charge is 2.41. The van der Waals surface area contributed by atoms with Crippen molar-refractivity contribution in [1.82, 2.24) is 15.1 Å². The number of amides is 3. The van der Waals surface area contributed by atoms with E-state index in [2.05, 4.69) is 15.5 Å². The molecule has 3 amide bonds. The largest absolute Gasteiger partial charge is 0.391 e. The first-order valence-corrected chi connectivity index (χ1v) is 12.9. The summed E-state index contributed by atoms with van der Waals surface area (Å²) in [5, 5.41) is 5.25. The van der Waals surface area contributed by atoms with E-state index in [1.807, 2.05) is 7.05 Å². The molecule has 1 aromatic rings. The fourth-order valence-corrected chi connectivity index (χ4v) is 4.92. The fraction of sp³-hybridized carbons (Fsp3) is 0.654. The number of carbonyl (C=O) groups excluding carboxylic acids is 3. The Balaban J connectivity index is 1.58. The van der Waals surface area contributed by atoms with Crippen LogP contribution in [0.5, 0.6) is 0 Å². The van der Waals surface area contributed by atoms with Gasteiger partial charge in [0.25, 0.3) is 0 Å². The minimum Gasteiger partial charge on any atom is -0.344 e. The van der Waals surface area contributed by atoms with Crippen LogP contribution in [0.15, 0.2) is 18.2 Å². The average Bonchev–Trinajstić information content (AvgIpc) is 2.85. The van der Waals surface area contributed by atoms with Gasteiger partial charge in [0.2, 0.25) is 17.7 Å². The Hall–Kier alpha value is -2.69. The van der Waals surface area contributed by atoms with E-state index >= 15 is 0 Å². The number of likely N-dealkylation sites (N-methyl/N-ethyl adjacent to an activating group) is 1. The van der Waals surface area contributed by atoms with Crippen LogP contribution in [0.2, 0.25) is 0 Å². The van der Waals surface area contributed by atoms with E-state index in [9.17, 15) is 31.9 Å². The quantitative estimate of drug-likeness (QED) is 0.504. The molecule has 206 valence electrons. The van der Waals surface area contributed by atoms with Crippen molar-refractivity contribution in [3.63, 3.8) is 0 Å². The third-order valence-electron chi connectivity index (χ3n) is 7.30. The number of nitrogens with zero attached hydrogens (tertiary/aromatic N) is 2. The Morgan fingerprint density at radius 2 is 1.68 bits per heavy atom. The molecule has 3 rings (SSSR count). The first kappa shape index (κ1) is 28.9. The second-order valence-electron chi connectivity index (χ2n) is 10.1. The third-order valence-corrected chi connectivity index (χ3v) is 7.30. The molecule has 0 aromatic heterocycles. The highest BCUT2D eigenvalue weighted by molar-refractivity contribution is 5.91. The molecule has 7 nitrogen and oxygen atoms in total. The molecule has 2 fully saturated rings. The highest BCUT2D eigenvalue weighted by atomic mass is 19.4. The molecule has 0 radical (unpaired) electrons. The van der Waals surface area contributed by atoms with Crippen molar-refractivity contribution in [3.05, 3.63) is 29.6 Å². The van der Waals surface area contributed by atoms with Gasteiger partial charge in [-0.15, -0.1) is 0 Å². The lowest BCUT2D eigenvalue weighted by Crippen LogP contribution is -2.54. The second-order valence-corrected chi connectivity index (χ2v) is 10.1. The Kier molecular flexibility index (Phi) is 9.92. The zero-order valence-corrected chi connectivity index (χ0v) is 21.4. The maximum Gasteiger partial charge on any atom is 0.391 e. The molecule has 1 saturated heterocycles. The van der Waals surface area contributed by atoms with Crippen LogP contribution in [0.25, 0.3) is 0 Å². The lowest BCUT2D eigenvalue weighted by molar-refractivity contribution is -0.184. The van der Waals surface area contributed by atoms with Gasteiger partial charge in [0, 0.05) is 45.4 Å². The number of benzene rings is 1. The predicted molar refractivity (Wildman–Crippen MR) is 131 cm³/mol. The highest BCUT2D eigenvalue weighted by Crippen LogP contribution is 2.40. The smallest absolute Gasteiger partial charge is 0.344 e. The van der Waals surface area contributed by atoms with Gasteiger partial charge >= 0.3 is 6.18 Å². The van der Waals surface area contributed by atoms with E-state index < -0.39 is 29.9 Å². The first-order valence-electron chi connectivity index (χ1n) is 12.9. The van der Waals surface area contributed by atoms with Crippen molar-refractivity contribution in [3.8, 4) is 0 Å². The van der Waals surface area contributed by atoms with Crippen LogP contribution in [-0.2, 0) is 20.8 Å². The normalized spacial score (nSPS) is 21.8. The van der Waals surface area contributed by atoms with Gasteiger partial charge in [-0.25, -0.2) is 4.39 Å². The minimum atomic E-state index is -4.20. The summed E-state index contributed by atoms with van der Waals surface area (Å²) in [5.41, 5.74) is 0.460. The maximum absolute atomic E-state index is 14.8. The van der Waals surface area contributed by atoms with Crippen LogP contribution in [0.4, 0.5) is 23.2 Å². The molecule has 37 heavy (non-hydrogen) atoms. The molecule has 0 unspecified atom stereocenters. The van der Waals surface area contributed by atoms with E-state index in [-0.39, 0.29) is 55.5 Å². The summed E-state index contributed by atoms with van der Waals surface area (Å²) in [4.78, 5) is 41.4. The Morgan fingerprint density at radius 1 is 1.03 bits per heavy atom. The molecular weight excluding hydrogens is 492 g/mol. The summed E-state index contributed by atoms with van der Waals surface area (Å²) in [6, 6.07) is 3.40. The zero-order valence-electron chi connectivity index (χ0n) is 21.4. The van der Waals surface area contributed by atoms with Gasteiger partial charge in [0.05, 0.1) is 11.6 Å². The summed E-state index contributed by atoms with van der Waals surface area (Å²) in [6.45, 7) is 4.24. The number of piperazine rings is 1. The number of carbonyl (C=O) groups is 3. The van der Waals surface area contributed by atoms with Gasteiger partial charge < -0.3 is 20.4 Å². The fourth-order valence-electron chi connectivity index (χ4n) is 4.92. The molecule has 1 aromatic carbocycles. The van der Waals surface area contributed by atoms with Crippen LogP contribution in [0.1, 0.15) is 51.0 Å². The lowest BCUT2D eigenvalue weighted by Gasteiger charge is -2.34. The Morgan fingerprint density at radius 3 is 2.24 bits per heavy atom. The molecule has 1 aliphatic carbocycles. The summed E-state index contributed by atoms with van der Waals surface area (Å²) in [7, 11) is 1.97. The molecule has 11 heteroatoms. The van der Waals surface area contributed by atoms with Crippen molar-refractivity contribution >= 4 is 23.4 Å². The number of alkyl halides is 3. The average molecular weight is 529 g/mol. The number of hydrogen-bond acceptors (Lipinski definition) is 4. The van der Waals surface area contributed by atoms with Gasteiger partial charge in [0.1, 0.15) is 11.9 Å². The molecule has 0 bridgehead atoms. The van der Waals surface area contributed by atoms with Crippen LogP contribution in [-0.4, -0.2) is 73.0 Å². The summed E-state index contributed by atoms with van der Waals surface area (Å²) in [6.07, 6.45) is -3.22. The number of nitrogens with one attached hydrogen (secondary N) is 2. The van der Waals surface area contributed by atoms with Crippen LogP contribution < -0.4 is 10.6 Å². The van der Waals surface area contributed by atoms with Crippen molar-refractivity contribution in [2.45, 2.75) is 64.1 Å². The van der Waals surface area contributed by atoms with Gasteiger partial charge in [-0.1, -0.05) is 13.0 Å². The van der Waals surface area contributed by atoms with Gasteiger partial charge in [-0.2, -0.15) is 13.2 Å². The predicted octanol–water partition coefficient (Wildman–Crippen LogP) is 3.73. The molecule has 1 heterocycles. The number of rotatable bonds is 8. The molecule has 2 N–H and O–H groups in total. The lowest BCUT2D eigenvalue weighted by atomic mass is 9.80. The minimum absolute atomic E-state index is 0.00703. The van der Waals surface area contributed by atoms with Crippen molar-refractivity contribution in [2.75, 3.05) is 38.5 Å². The van der Waals surface area contributed by atoms with Crippen molar-refractivity contribution in [1.29, 1.82) is 0 Å². The molecule has 0 spiro atoms. The van der Waals surface area contributed by atoms with Crippen LogP contribution in [0, 0.1) is 17.7 Å². The van der Waals surface area contributed by atoms with E-state index in [1.165, 1.54) is 12.1 Å². The molecule has 2 aliphatic rings. The molecule has 1 saturated carbocycles. The summed E-state index contributed by atoms with van der Waals surface area (Å²) in [5.74, 6) is -3.09.